The number of ketones is 1. The molecule has 0 spiro atoms. The zero-order valence-electron chi connectivity index (χ0n) is 14.5. The smallest absolute Gasteiger partial charge is 0.407 e. The van der Waals surface area contributed by atoms with Gasteiger partial charge in [-0.1, -0.05) is 37.3 Å². The highest BCUT2D eigenvalue weighted by atomic mass is 16.6. The summed E-state index contributed by atoms with van der Waals surface area (Å²) in [6.07, 6.45) is 0.913. The average Bonchev–Trinajstić information content (AvgIpc) is 2.49. The monoisotopic (exact) mass is 320 g/mol. The number of carbonyl (C=O) groups is 2. The van der Waals surface area contributed by atoms with E-state index in [9.17, 15) is 9.59 Å². The van der Waals surface area contributed by atoms with Gasteiger partial charge in [0.05, 0.1) is 0 Å². The van der Waals surface area contributed by atoms with Gasteiger partial charge in [0.25, 0.3) is 0 Å². The van der Waals surface area contributed by atoms with Gasteiger partial charge in [0, 0.05) is 13.0 Å². The molecule has 128 valence electrons. The molecule has 0 aliphatic rings. The summed E-state index contributed by atoms with van der Waals surface area (Å²) in [5, 5.41) is 2.65. The third-order valence-corrected chi connectivity index (χ3v) is 3.59. The van der Waals surface area contributed by atoms with Crippen LogP contribution >= 0.6 is 0 Å². The van der Waals surface area contributed by atoms with Gasteiger partial charge in [0.15, 0.2) is 5.78 Å². The first-order chi connectivity index (χ1) is 10.7. The Morgan fingerprint density at radius 3 is 2.30 bits per heavy atom. The van der Waals surface area contributed by atoms with Crippen LogP contribution < -0.4 is 11.1 Å². The van der Waals surface area contributed by atoms with Gasteiger partial charge in [-0.25, -0.2) is 4.79 Å². The van der Waals surface area contributed by atoms with Crippen LogP contribution in [0.2, 0.25) is 0 Å². The van der Waals surface area contributed by atoms with E-state index in [-0.39, 0.29) is 5.78 Å². The quantitative estimate of drug-likeness (QED) is 0.756. The lowest BCUT2D eigenvalue weighted by Gasteiger charge is -2.27. The lowest BCUT2D eigenvalue weighted by Crippen LogP contribution is -2.44. The van der Waals surface area contributed by atoms with Gasteiger partial charge in [0.2, 0.25) is 0 Å². The van der Waals surface area contributed by atoms with Crippen LogP contribution in [0.25, 0.3) is 0 Å². The number of nitrogens with two attached hydrogens (primary N) is 1. The minimum absolute atomic E-state index is 0.0165. The van der Waals surface area contributed by atoms with Gasteiger partial charge >= 0.3 is 6.09 Å². The molecule has 1 unspecified atom stereocenters. The number of carbonyl (C=O) groups excluding carboxylic acids is 2. The Morgan fingerprint density at radius 2 is 1.78 bits per heavy atom. The zero-order valence-corrected chi connectivity index (χ0v) is 14.5. The van der Waals surface area contributed by atoms with E-state index in [1.54, 1.807) is 20.8 Å². The van der Waals surface area contributed by atoms with Crippen LogP contribution in [-0.2, 0) is 15.1 Å². The SMILES string of the molecule is CCC(N)(C(=O)CCCNC(=O)OC(C)(C)C)c1ccccc1. The van der Waals surface area contributed by atoms with Crippen LogP contribution in [0.1, 0.15) is 52.5 Å². The van der Waals surface area contributed by atoms with Crippen molar-refractivity contribution in [2.45, 2.75) is 58.1 Å². The molecular weight excluding hydrogens is 292 g/mol. The first-order valence-corrected chi connectivity index (χ1v) is 8.03. The molecule has 1 aromatic rings. The molecule has 0 saturated carbocycles. The normalized spacial score (nSPS) is 14.0. The second kappa shape index (κ2) is 8.11. The number of benzene rings is 1. The van der Waals surface area contributed by atoms with Crippen molar-refractivity contribution < 1.29 is 14.3 Å². The van der Waals surface area contributed by atoms with E-state index in [0.29, 0.717) is 25.8 Å². The van der Waals surface area contributed by atoms with Crippen LogP contribution in [0.15, 0.2) is 30.3 Å². The lowest BCUT2D eigenvalue weighted by molar-refractivity contribution is -0.124. The van der Waals surface area contributed by atoms with Crippen molar-refractivity contribution in [3.05, 3.63) is 35.9 Å². The highest BCUT2D eigenvalue weighted by Crippen LogP contribution is 2.24. The predicted molar refractivity (Wildman–Crippen MR) is 91.1 cm³/mol. The fraction of sp³-hybridized carbons (Fsp3) is 0.556. The summed E-state index contributed by atoms with van der Waals surface area (Å²) < 4.78 is 5.14. The lowest BCUT2D eigenvalue weighted by atomic mass is 9.82. The number of alkyl carbamates (subject to hydrolysis) is 1. The second-order valence-electron chi connectivity index (χ2n) is 6.65. The van der Waals surface area contributed by atoms with Crippen molar-refractivity contribution in [1.29, 1.82) is 0 Å². The summed E-state index contributed by atoms with van der Waals surface area (Å²) in [4.78, 5) is 24.0. The molecule has 5 heteroatoms. The fourth-order valence-electron chi connectivity index (χ4n) is 2.27. The molecule has 1 atom stereocenters. The fourth-order valence-corrected chi connectivity index (χ4v) is 2.27. The van der Waals surface area contributed by atoms with Crippen molar-refractivity contribution in [3.63, 3.8) is 0 Å². The highest BCUT2D eigenvalue weighted by Gasteiger charge is 2.32. The summed E-state index contributed by atoms with van der Waals surface area (Å²) in [5.74, 6) is -0.0165. The van der Waals surface area contributed by atoms with E-state index in [1.165, 1.54) is 0 Å². The summed E-state index contributed by atoms with van der Waals surface area (Å²) in [6.45, 7) is 7.71. The molecule has 1 aromatic carbocycles. The van der Waals surface area contributed by atoms with E-state index in [0.717, 1.165) is 5.56 Å². The highest BCUT2D eigenvalue weighted by molar-refractivity contribution is 5.89. The summed E-state index contributed by atoms with van der Waals surface area (Å²) in [7, 11) is 0. The number of rotatable bonds is 7. The van der Waals surface area contributed by atoms with Crippen molar-refractivity contribution in [3.8, 4) is 0 Å². The van der Waals surface area contributed by atoms with Crippen LogP contribution in [0, 0.1) is 0 Å². The molecule has 0 aliphatic heterocycles. The summed E-state index contributed by atoms with van der Waals surface area (Å²) >= 11 is 0. The zero-order chi connectivity index (χ0) is 17.5. The minimum atomic E-state index is -0.965. The average molecular weight is 320 g/mol. The molecule has 0 heterocycles. The molecule has 5 nitrogen and oxygen atoms in total. The Bertz CT molecular complexity index is 523. The van der Waals surface area contributed by atoms with E-state index >= 15 is 0 Å². The maximum Gasteiger partial charge on any atom is 0.407 e. The Hall–Kier alpha value is -1.88. The Balaban J connectivity index is 2.48. The van der Waals surface area contributed by atoms with Gasteiger partial charge in [0.1, 0.15) is 11.1 Å². The molecule has 1 amide bonds. The number of hydrogen-bond donors (Lipinski definition) is 2. The molecule has 23 heavy (non-hydrogen) atoms. The third-order valence-electron chi connectivity index (χ3n) is 3.59. The largest absolute Gasteiger partial charge is 0.444 e. The van der Waals surface area contributed by atoms with Gasteiger partial charge < -0.3 is 15.8 Å². The van der Waals surface area contributed by atoms with Gasteiger partial charge in [-0.05, 0) is 39.2 Å². The number of ether oxygens (including phenoxy) is 1. The van der Waals surface area contributed by atoms with Crippen LogP contribution in [0.5, 0.6) is 0 Å². The van der Waals surface area contributed by atoms with E-state index in [4.69, 9.17) is 10.5 Å². The maximum atomic E-state index is 12.5. The molecule has 1 rings (SSSR count). The number of nitrogens with one attached hydrogen (secondary N) is 1. The maximum absolute atomic E-state index is 12.5. The van der Waals surface area contributed by atoms with Crippen molar-refractivity contribution in [2.24, 2.45) is 5.73 Å². The first-order valence-electron chi connectivity index (χ1n) is 8.03. The van der Waals surface area contributed by atoms with Crippen LogP contribution in [0.4, 0.5) is 4.79 Å². The molecule has 3 N–H and O–H groups in total. The molecule has 0 radical (unpaired) electrons. The van der Waals surface area contributed by atoms with Crippen molar-refractivity contribution in [2.75, 3.05) is 6.54 Å². The second-order valence-corrected chi connectivity index (χ2v) is 6.65. The van der Waals surface area contributed by atoms with Crippen LogP contribution in [-0.4, -0.2) is 24.0 Å². The Morgan fingerprint density at radius 1 is 1.17 bits per heavy atom. The van der Waals surface area contributed by atoms with Crippen LogP contribution in [0.3, 0.4) is 0 Å². The molecule has 0 bridgehead atoms. The minimum Gasteiger partial charge on any atom is -0.444 e. The molecule has 0 fully saturated rings. The Kier molecular flexibility index (Phi) is 6.76. The molecule has 0 saturated heterocycles. The standard InChI is InChI=1S/C18H28N2O3/c1-5-18(19,14-10-7-6-8-11-14)15(21)12-9-13-20-16(22)23-17(2,3)4/h6-8,10-11H,5,9,12-13,19H2,1-4H3,(H,20,22). The number of amides is 1. The predicted octanol–water partition coefficient (Wildman–Crippen LogP) is 3.12. The summed E-state index contributed by atoms with van der Waals surface area (Å²) in [6, 6.07) is 9.41. The Labute approximate surface area is 138 Å². The van der Waals surface area contributed by atoms with Gasteiger partial charge in [-0.3, -0.25) is 4.79 Å². The third kappa shape index (κ3) is 6.02. The first kappa shape index (κ1) is 19.2. The number of Topliss-reactive ketones (excluding diaryl/α,β-unsaturated/α-hetero) is 1. The van der Waals surface area contributed by atoms with E-state index in [2.05, 4.69) is 5.32 Å². The van der Waals surface area contributed by atoms with Gasteiger partial charge in [-0.15, -0.1) is 0 Å². The molecule has 0 aromatic heterocycles. The van der Waals surface area contributed by atoms with Gasteiger partial charge in [-0.2, -0.15) is 0 Å². The van der Waals surface area contributed by atoms with E-state index in [1.807, 2.05) is 37.3 Å². The molecular formula is C18H28N2O3. The number of hydrogen-bond acceptors (Lipinski definition) is 4. The summed E-state index contributed by atoms with van der Waals surface area (Å²) in [5.41, 5.74) is 5.66. The van der Waals surface area contributed by atoms with Crippen molar-refractivity contribution in [1.82, 2.24) is 5.32 Å². The van der Waals surface area contributed by atoms with Crippen molar-refractivity contribution >= 4 is 11.9 Å². The van der Waals surface area contributed by atoms with E-state index < -0.39 is 17.2 Å². The topological polar surface area (TPSA) is 81.4 Å². The molecule has 0 aliphatic carbocycles.